The molecule has 1 rings (SSSR count). The maximum Gasteiger partial charge on any atom is 0.0695 e. The number of nitrogens with zero attached hydrogens (tertiary/aromatic N) is 1. The van der Waals surface area contributed by atoms with E-state index in [1.807, 2.05) is 0 Å². The number of aliphatic hydroxyl groups excluding tert-OH is 1. The lowest BCUT2D eigenvalue weighted by atomic mass is 9.77. The van der Waals surface area contributed by atoms with Crippen molar-refractivity contribution in [1.82, 2.24) is 4.90 Å². The van der Waals surface area contributed by atoms with E-state index in [-0.39, 0.29) is 6.10 Å². The van der Waals surface area contributed by atoms with E-state index in [2.05, 4.69) is 32.8 Å². The zero-order valence-corrected chi connectivity index (χ0v) is 9.33. The SMILES string of the molecule is CC(C)C1CCC(O)C(N(C)C)C1. The smallest absolute Gasteiger partial charge is 0.0695 e. The van der Waals surface area contributed by atoms with Crippen LogP contribution in [0.3, 0.4) is 0 Å². The first-order valence-electron chi connectivity index (χ1n) is 5.37. The fraction of sp³-hybridized carbons (Fsp3) is 1.00. The second kappa shape index (κ2) is 4.43. The van der Waals surface area contributed by atoms with Crippen molar-refractivity contribution in [3.8, 4) is 0 Å². The van der Waals surface area contributed by atoms with Gasteiger partial charge in [-0.2, -0.15) is 0 Å². The summed E-state index contributed by atoms with van der Waals surface area (Å²) >= 11 is 0. The average molecular weight is 185 g/mol. The van der Waals surface area contributed by atoms with Crippen molar-refractivity contribution in [3.63, 3.8) is 0 Å². The second-order valence-electron chi connectivity index (χ2n) is 4.92. The Balaban J connectivity index is 2.53. The van der Waals surface area contributed by atoms with Gasteiger partial charge >= 0.3 is 0 Å². The van der Waals surface area contributed by atoms with Crippen molar-refractivity contribution in [2.45, 2.75) is 45.3 Å². The largest absolute Gasteiger partial charge is 0.391 e. The molecule has 0 aromatic heterocycles. The number of hydrogen-bond acceptors (Lipinski definition) is 2. The van der Waals surface area contributed by atoms with Gasteiger partial charge in [-0.15, -0.1) is 0 Å². The molecule has 2 heteroatoms. The van der Waals surface area contributed by atoms with Gasteiger partial charge < -0.3 is 10.0 Å². The van der Waals surface area contributed by atoms with Crippen molar-refractivity contribution in [2.75, 3.05) is 14.1 Å². The molecule has 78 valence electrons. The van der Waals surface area contributed by atoms with Gasteiger partial charge in [-0.1, -0.05) is 13.8 Å². The van der Waals surface area contributed by atoms with Gasteiger partial charge in [0.05, 0.1) is 6.10 Å². The van der Waals surface area contributed by atoms with E-state index in [1.165, 1.54) is 6.42 Å². The number of likely N-dealkylation sites (N-methyl/N-ethyl adjacent to an activating group) is 1. The van der Waals surface area contributed by atoms with Gasteiger partial charge in [-0.25, -0.2) is 0 Å². The molecule has 0 aliphatic heterocycles. The molecule has 0 saturated heterocycles. The Labute approximate surface area is 81.9 Å². The van der Waals surface area contributed by atoms with E-state index in [0.29, 0.717) is 6.04 Å². The van der Waals surface area contributed by atoms with Crippen molar-refractivity contribution >= 4 is 0 Å². The van der Waals surface area contributed by atoms with Crippen LogP contribution in [0.4, 0.5) is 0 Å². The maximum absolute atomic E-state index is 9.80. The first-order chi connectivity index (χ1) is 6.02. The lowest BCUT2D eigenvalue weighted by molar-refractivity contribution is 0.0159. The fourth-order valence-corrected chi connectivity index (χ4v) is 2.32. The minimum absolute atomic E-state index is 0.106. The van der Waals surface area contributed by atoms with Crippen LogP contribution in [-0.4, -0.2) is 36.2 Å². The molecule has 1 N–H and O–H groups in total. The van der Waals surface area contributed by atoms with Gasteiger partial charge in [-0.05, 0) is 45.2 Å². The van der Waals surface area contributed by atoms with Gasteiger partial charge in [0.15, 0.2) is 0 Å². The summed E-state index contributed by atoms with van der Waals surface area (Å²) in [6, 6.07) is 0.376. The molecule has 1 aliphatic rings. The first kappa shape index (κ1) is 11.0. The second-order valence-corrected chi connectivity index (χ2v) is 4.92. The Morgan fingerprint density at radius 1 is 1.23 bits per heavy atom. The standard InChI is InChI=1S/C11H23NO/c1-8(2)9-5-6-11(13)10(7-9)12(3)4/h8-11,13H,5-7H2,1-4H3. The first-order valence-corrected chi connectivity index (χ1v) is 5.37. The topological polar surface area (TPSA) is 23.5 Å². The van der Waals surface area contributed by atoms with Crippen molar-refractivity contribution in [3.05, 3.63) is 0 Å². The quantitative estimate of drug-likeness (QED) is 0.708. The molecule has 1 saturated carbocycles. The van der Waals surface area contributed by atoms with Crippen molar-refractivity contribution in [1.29, 1.82) is 0 Å². The number of hydrogen-bond donors (Lipinski definition) is 1. The molecule has 3 unspecified atom stereocenters. The lowest BCUT2D eigenvalue weighted by Gasteiger charge is -2.38. The van der Waals surface area contributed by atoms with E-state index < -0.39 is 0 Å². The van der Waals surface area contributed by atoms with Crippen LogP contribution < -0.4 is 0 Å². The molecular formula is C11H23NO. The molecule has 0 spiro atoms. The molecule has 13 heavy (non-hydrogen) atoms. The van der Waals surface area contributed by atoms with Gasteiger partial charge in [-0.3, -0.25) is 0 Å². The van der Waals surface area contributed by atoms with Crippen LogP contribution in [0.5, 0.6) is 0 Å². The van der Waals surface area contributed by atoms with Crippen LogP contribution in [0.1, 0.15) is 33.1 Å². The zero-order valence-electron chi connectivity index (χ0n) is 9.33. The van der Waals surface area contributed by atoms with Crippen LogP contribution in [0.2, 0.25) is 0 Å². The molecule has 3 atom stereocenters. The van der Waals surface area contributed by atoms with Crippen LogP contribution in [0.15, 0.2) is 0 Å². The minimum atomic E-state index is -0.106. The predicted octanol–water partition coefficient (Wildman–Crippen LogP) is 1.73. The molecule has 0 aromatic carbocycles. The fourth-order valence-electron chi connectivity index (χ4n) is 2.32. The summed E-state index contributed by atoms with van der Waals surface area (Å²) in [5, 5.41) is 9.80. The third-order valence-electron chi connectivity index (χ3n) is 3.43. The molecule has 0 heterocycles. The average Bonchev–Trinajstić information content (AvgIpc) is 2.04. The van der Waals surface area contributed by atoms with Crippen molar-refractivity contribution in [2.24, 2.45) is 11.8 Å². The number of rotatable bonds is 2. The van der Waals surface area contributed by atoms with Crippen LogP contribution >= 0.6 is 0 Å². The molecule has 2 nitrogen and oxygen atoms in total. The molecule has 0 amide bonds. The third-order valence-corrected chi connectivity index (χ3v) is 3.43. The summed E-state index contributed by atoms with van der Waals surface area (Å²) in [6.45, 7) is 4.57. The van der Waals surface area contributed by atoms with Crippen LogP contribution in [0.25, 0.3) is 0 Å². The zero-order chi connectivity index (χ0) is 10.0. The summed E-state index contributed by atoms with van der Waals surface area (Å²) < 4.78 is 0. The molecule has 1 aliphatic carbocycles. The highest BCUT2D eigenvalue weighted by Crippen LogP contribution is 2.31. The van der Waals surface area contributed by atoms with Gasteiger partial charge in [0, 0.05) is 6.04 Å². The summed E-state index contributed by atoms with van der Waals surface area (Å²) in [5.41, 5.74) is 0. The lowest BCUT2D eigenvalue weighted by Crippen LogP contribution is -2.44. The summed E-state index contributed by atoms with van der Waals surface area (Å²) in [4.78, 5) is 2.17. The van der Waals surface area contributed by atoms with E-state index in [0.717, 1.165) is 24.7 Å². The highest BCUT2D eigenvalue weighted by Gasteiger charge is 2.31. The Bertz CT molecular complexity index is 156. The predicted molar refractivity (Wildman–Crippen MR) is 55.7 cm³/mol. The summed E-state index contributed by atoms with van der Waals surface area (Å²) in [5.74, 6) is 1.56. The molecule has 1 fully saturated rings. The molecule has 0 radical (unpaired) electrons. The van der Waals surface area contributed by atoms with E-state index in [1.54, 1.807) is 0 Å². The highest BCUT2D eigenvalue weighted by molar-refractivity contribution is 4.85. The maximum atomic E-state index is 9.80. The Hall–Kier alpha value is -0.0800. The summed E-state index contributed by atoms with van der Waals surface area (Å²) in [6.07, 6.45) is 3.23. The molecular weight excluding hydrogens is 162 g/mol. The van der Waals surface area contributed by atoms with E-state index in [9.17, 15) is 5.11 Å². The minimum Gasteiger partial charge on any atom is -0.391 e. The number of aliphatic hydroxyl groups is 1. The monoisotopic (exact) mass is 185 g/mol. The van der Waals surface area contributed by atoms with Gasteiger partial charge in [0.25, 0.3) is 0 Å². The highest BCUT2D eigenvalue weighted by atomic mass is 16.3. The van der Waals surface area contributed by atoms with Gasteiger partial charge in [0.2, 0.25) is 0 Å². The Morgan fingerprint density at radius 2 is 1.85 bits per heavy atom. The normalized spacial score (nSPS) is 35.8. The van der Waals surface area contributed by atoms with Gasteiger partial charge in [0.1, 0.15) is 0 Å². The Kier molecular flexibility index (Phi) is 3.74. The van der Waals surface area contributed by atoms with E-state index >= 15 is 0 Å². The van der Waals surface area contributed by atoms with Crippen LogP contribution in [0, 0.1) is 11.8 Å². The molecule has 0 aromatic rings. The van der Waals surface area contributed by atoms with Crippen LogP contribution in [-0.2, 0) is 0 Å². The van der Waals surface area contributed by atoms with Crippen molar-refractivity contribution < 1.29 is 5.11 Å². The molecule has 0 bridgehead atoms. The van der Waals surface area contributed by atoms with E-state index in [4.69, 9.17) is 0 Å². The summed E-state index contributed by atoms with van der Waals surface area (Å²) in [7, 11) is 4.13. The Morgan fingerprint density at radius 3 is 2.31 bits per heavy atom. The third kappa shape index (κ3) is 2.68.